The molecule has 2 rings (SSSR count). The summed E-state index contributed by atoms with van der Waals surface area (Å²) in [6.45, 7) is 0. The highest BCUT2D eigenvalue weighted by Crippen LogP contribution is 2.14. The molecule has 1 heterocycles. The first-order chi connectivity index (χ1) is 7.66. The van der Waals surface area contributed by atoms with E-state index in [4.69, 9.17) is 0 Å². The molecule has 0 aliphatic heterocycles. The fourth-order valence-corrected chi connectivity index (χ4v) is 1.44. The molecule has 1 amide bonds. The molecule has 0 spiro atoms. The molecule has 4 nitrogen and oxygen atoms in total. The summed E-state index contributed by atoms with van der Waals surface area (Å²) >= 11 is 0.917. The monoisotopic (exact) mass is 241 g/mol. The number of hydrogen-bond donors (Lipinski definition) is 1. The molecule has 0 atom stereocenters. The van der Waals surface area contributed by atoms with Crippen molar-refractivity contribution in [3.8, 4) is 0 Å². The Labute approximate surface area is 93.1 Å². The van der Waals surface area contributed by atoms with Crippen LogP contribution in [-0.2, 0) is 0 Å². The van der Waals surface area contributed by atoms with Crippen molar-refractivity contribution in [1.82, 2.24) is 9.59 Å². The summed E-state index contributed by atoms with van der Waals surface area (Å²) in [5.41, 5.74) is 0.178. The van der Waals surface area contributed by atoms with Crippen molar-refractivity contribution in [2.75, 3.05) is 5.32 Å². The normalized spacial score (nSPS) is 10.1. The maximum atomic E-state index is 12.8. The lowest BCUT2D eigenvalue weighted by atomic mass is 10.3. The summed E-state index contributed by atoms with van der Waals surface area (Å²) < 4.78 is 28.9. The number of benzene rings is 1. The molecule has 82 valence electrons. The highest BCUT2D eigenvalue weighted by Gasteiger charge is 2.10. The zero-order valence-corrected chi connectivity index (χ0v) is 8.59. The minimum absolute atomic E-state index is 0.178. The van der Waals surface area contributed by atoms with Gasteiger partial charge < -0.3 is 5.32 Å². The minimum atomic E-state index is -1.01. The molecule has 0 saturated heterocycles. The molecule has 1 N–H and O–H groups in total. The first kappa shape index (κ1) is 10.6. The summed E-state index contributed by atoms with van der Waals surface area (Å²) in [4.78, 5) is 11.8. The van der Waals surface area contributed by atoms with Crippen LogP contribution in [0, 0.1) is 11.6 Å². The summed E-state index contributed by atoms with van der Waals surface area (Å²) in [5.74, 6) is -2.43. The number of amides is 1. The maximum Gasteiger partial charge on any atom is 0.269 e. The Morgan fingerprint density at radius 3 is 2.75 bits per heavy atom. The molecule has 0 radical (unpaired) electrons. The molecule has 7 heteroatoms. The molecule has 1 aromatic heterocycles. The van der Waals surface area contributed by atoms with Crippen molar-refractivity contribution < 1.29 is 13.6 Å². The highest BCUT2D eigenvalue weighted by molar-refractivity contribution is 7.07. The first-order valence-electron chi connectivity index (χ1n) is 4.20. The third kappa shape index (κ3) is 2.19. The Morgan fingerprint density at radius 1 is 1.31 bits per heavy atom. The minimum Gasteiger partial charge on any atom is -0.321 e. The van der Waals surface area contributed by atoms with E-state index in [1.54, 1.807) is 0 Å². The number of nitrogens with one attached hydrogen (secondary N) is 1. The van der Waals surface area contributed by atoms with Crippen LogP contribution in [0.3, 0.4) is 0 Å². The number of carbonyl (C=O) groups excluding carboxylic acids is 1. The van der Waals surface area contributed by atoms with Crippen LogP contribution in [0.25, 0.3) is 0 Å². The fraction of sp³-hybridized carbons (Fsp3) is 0. The van der Waals surface area contributed by atoms with Gasteiger partial charge in [-0.15, -0.1) is 5.10 Å². The van der Waals surface area contributed by atoms with Crippen LogP contribution in [-0.4, -0.2) is 15.5 Å². The number of nitrogens with zero attached hydrogens (tertiary/aromatic N) is 2. The summed E-state index contributed by atoms with van der Waals surface area (Å²) in [6, 6.07) is 3.11. The van der Waals surface area contributed by atoms with Crippen molar-refractivity contribution in [2.24, 2.45) is 0 Å². The van der Waals surface area contributed by atoms with Gasteiger partial charge in [0.2, 0.25) is 0 Å². The molecule has 16 heavy (non-hydrogen) atoms. The van der Waals surface area contributed by atoms with Crippen molar-refractivity contribution in [3.05, 3.63) is 40.9 Å². The van der Waals surface area contributed by atoms with Gasteiger partial charge >= 0.3 is 0 Å². The molecule has 0 bridgehead atoms. The lowest BCUT2D eigenvalue weighted by molar-refractivity contribution is 0.103. The van der Waals surface area contributed by atoms with Crippen LogP contribution in [0.5, 0.6) is 0 Å². The second kappa shape index (κ2) is 4.31. The topological polar surface area (TPSA) is 54.9 Å². The van der Waals surface area contributed by atoms with E-state index in [0.717, 1.165) is 23.7 Å². The van der Waals surface area contributed by atoms with Gasteiger partial charge in [0, 0.05) is 11.8 Å². The van der Waals surface area contributed by atoms with E-state index < -0.39 is 17.5 Å². The third-order valence-corrected chi connectivity index (χ3v) is 2.43. The highest BCUT2D eigenvalue weighted by atomic mass is 32.1. The Kier molecular flexibility index (Phi) is 2.86. The van der Waals surface area contributed by atoms with E-state index >= 15 is 0 Å². The molecule has 0 saturated carbocycles. The van der Waals surface area contributed by atoms with Crippen molar-refractivity contribution >= 4 is 23.1 Å². The summed E-state index contributed by atoms with van der Waals surface area (Å²) in [6.07, 6.45) is 1.29. The number of halogens is 2. The average molecular weight is 241 g/mol. The van der Waals surface area contributed by atoms with Crippen LogP contribution >= 0.6 is 11.5 Å². The first-order valence-corrected chi connectivity index (χ1v) is 4.98. The van der Waals surface area contributed by atoms with Gasteiger partial charge in [-0.2, -0.15) is 0 Å². The molecular formula is C9H5F2N3OS. The lowest BCUT2D eigenvalue weighted by Crippen LogP contribution is -2.10. The Balaban J connectivity index is 2.15. The van der Waals surface area contributed by atoms with E-state index in [1.165, 1.54) is 12.3 Å². The summed E-state index contributed by atoms with van der Waals surface area (Å²) in [7, 11) is 0. The fourth-order valence-electron chi connectivity index (χ4n) is 1.03. The maximum absolute atomic E-state index is 12.8. The smallest absolute Gasteiger partial charge is 0.269 e. The van der Waals surface area contributed by atoms with E-state index in [-0.39, 0.29) is 5.69 Å². The molecule has 0 unspecified atom stereocenters. The third-order valence-electron chi connectivity index (χ3n) is 1.76. The molecule has 1 aromatic carbocycles. The number of rotatable bonds is 2. The zero-order chi connectivity index (χ0) is 11.5. The van der Waals surface area contributed by atoms with Crippen molar-refractivity contribution in [3.63, 3.8) is 0 Å². The Morgan fingerprint density at radius 2 is 2.12 bits per heavy atom. The number of carbonyl (C=O) groups is 1. The summed E-state index contributed by atoms with van der Waals surface area (Å²) in [5, 5.41) is 5.89. The van der Waals surface area contributed by atoms with E-state index in [1.807, 2.05) is 0 Å². The largest absolute Gasteiger partial charge is 0.321 e. The molecular weight excluding hydrogens is 236 g/mol. The van der Waals surface area contributed by atoms with E-state index in [2.05, 4.69) is 14.9 Å². The van der Waals surface area contributed by atoms with Gasteiger partial charge in [0.05, 0.1) is 6.20 Å². The predicted octanol–water partition coefficient (Wildman–Crippen LogP) is 2.07. The number of hydrogen-bond acceptors (Lipinski definition) is 4. The number of aromatic nitrogens is 2. The van der Waals surface area contributed by atoms with Crippen LogP contribution in [0.15, 0.2) is 24.4 Å². The van der Waals surface area contributed by atoms with Gasteiger partial charge in [-0.05, 0) is 23.7 Å². The predicted molar refractivity (Wildman–Crippen MR) is 54.2 cm³/mol. The second-order valence-corrected chi connectivity index (χ2v) is 3.65. The quantitative estimate of drug-likeness (QED) is 0.875. The standard InChI is InChI=1S/C9H5F2N3OS/c10-6-2-1-5(3-7(6)11)13-9(15)8-4-12-14-16-8/h1-4H,(H,13,15). The molecule has 2 aromatic rings. The van der Waals surface area contributed by atoms with Gasteiger partial charge in [0.1, 0.15) is 4.88 Å². The Hall–Kier alpha value is -1.89. The van der Waals surface area contributed by atoms with E-state index in [9.17, 15) is 13.6 Å². The van der Waals surface area contributed by atoms with Gasteiger partial charge in [0.15, 0.2) is 11.6 Å². The SMILES string of the molecule is O=C(Nc1ccc(F)c(F)c1)c1cnns1. The lowest BCUT2D eigenvalue weighted by Gasteiger charge is -2.02. The van der Waals surface area contributed by atoms with Crippen molar-refractivity contribution in [1.29, 1.82) is 0 Å². The average Bonchev–Trinajstić information content (AvgIpc) is 2.77. The van der Waals surface area contributed by atoms with Crippen molar-refractivity contribution in [2.45, 2.75) is 0 Å². The van der Waals surface area contributed by atoms with Crippen LogP contribution in [0.1, 0.15) is 9.67 Å². The van der Waals surface area contributed by atoms with Gasteiger partial charge in [-0.25, -0.2) is 8.78 Å². The van der Waals surface area contributed by atoms with Crippen LogP contribution in [0.2, 0.25) is 0 Å². The molecule has 0 aliphatic carbocycles. The van der Waals surface area contributed by atoms with Crippen LogP contribution in [0.4, 0.5) is 14.5 Å². The van der Waals surface area contributed by atoms with Gasteiger partial charge in [0.25, 0.3) is 5.91 Å². The van der Waals surface area contributed by atoms with Gasteiger partial charge in [-0.3, -0.25) is 4.79 Å². The second-order valence-electron chi connectivity index (χ2n) is 2.86. The molecule has 0 aliphatic rings. The van der Waals surface area contributed by atoms with E-state index in [0.29, 0.717) is 4.88 Å². The number of anilines is 1. The Bertz CT molecular complexity index is 515. The molecule has 0 fully saturated rings. The zero-order valence-electron chi connectivity index (χ0n) is 7.78. The van der Waals surface area contributed by atoms with Crippen LogP contribution < -0.4 is 5.32 Å². The van der Waals surface area contributed by atoms with Gasteiger partial charge in [-0.1, -0.05) is 4.49 Å².